The van der Waals surface area contributed by atoms with Crippen molar-refractivity contribution >= 4 is 5.91 Å². The van der Waals surface area contributed by atoms with E-state index in [1.54, 1.807) is 24.4 Å². The number of pyridine rings is 1. The van der Waals surface area contributed by atoms with Crippen molar-refractivity contribution in [2.45, 2.75) is 38.5 Å². The zero-order chi connectivity index (χ0) is 19.3. The molecule has 0 bridgehead atoms. The van der Waals surface area contributed by atoms with Crippen LogP contribution in [0.4, 0.5) is 8.78 Å². The highest BCUT2D eigenvalue weighted by Crippen LogP contribution is 2.34. The Morgan fingerprint density at radius 3 is 2.74 bits per heavy atom. The molecule has 1 atom stereocenters. The Morgan fingerprint density at radius 2 is 2.07 bits per heavy atom. The summed E-state index contributed by atoms with van der Waals surface area (Å²) in [6.45, 7) is 0.622. The molecular weight excluding hydrogens is 352 g/mol. The number of likely N-dealkylation sites (tertiary alicyclic amines) is 1. The number of amides is 1. The lowest BCUT2D eigenvalue weighted by atomic mass is 9.85. The van der Waals surface area contributed by atoms with Crippen molar-refractivity contribution in [3.05, 3.63) is 59.9 Å². The molecule has 0 spiro atoms. The van der Waals surface area contributed by atoms with Crippen LogP contribution in [-0.4, -0.2) is 41.0 Å². The number of benzene rings is 1. The number of rotatable bonds is 8. The van der Waals surface area contributed by atoms with E-state index in [4.69, 9.17) is 0 Å². The van der Waals surface area contributed by atoms with E-state index in [1.165, 1.54) is 6.07 Å². The summed E-state index contributed by atoms with van der Waals surface area (Å²) in [5.74, 6) is 0.0919. The summed E-state index contributed by atoms with van der Waals surface area (Å²) in [6, 6.07) is 12.4. The van der Waals surface area contributed by atoms with Crippen molar-refractivity contribution in [1.29, 1.82) is 0 Å². The standard InChI is InChI=1S/C20H23F2N3O2/c1-20(18(26)24-12-9-16-7-4-5-11-23-16)10-13-25(20)14-15-6-2-3-8-17(15)27-19(21)22/h2-8,11,19H,9-10,12-14H2,1H3,(H,24,26). The number of nitrogens with one attached hydrogen (secondary N) is 1. The van der Waals surface area contributed by atoms with E-state index in [-0.39, 0.29) is 11.7 Å². The number of carbonyl (C=O) groups excluding carboxylic acids is 1. The third kappa shape index (κ3) is 4.60. The summed E-state index contributed by atoms with van der Waals surface area (Å²) in [7, 11) is 0. The predicted octanol–water partition coefficient (Wildman–Crippen LogP) is 3.01. The number of hydrogen-bond donors (Lipinski definition) is 1. The molecule has 1 unspecified atom stereocenters. The van der Waals surface area contributed by atoms with E-state index in [2.05, 4.69) is 15.0 Å². The van der Waals surface area contributed by atoms with E-state index in [0.29, 0.717) is 25.1 Å². The van der Waals surface area contributed by atoms with Crippen LogP contribution in [0.15, 0.2) is 48.7 Å². The van der Waals surface area contributed by atoms with Gasteiger partial charge >= 0.3 is 6.61 Å². The average molecular weight is 375 g/mol. The van der Waals surface area contributed by atoms with Crippen LogP contribution >= 0.6 is 0 Å². The molecule has 2 heterocycles. The topological polar surface area (TPSA) is 54.5 Å². The number of nitrogens with zero attached hydrogens (tertiary/aromatic N) is 2. The molecule has 27 heavy (non-hydrogen) atoms. The van der Waals surface area contributed by atoms with Crippen molar-refractivity contribution in [2.75, 3.05) is 13.1 Å². The number of carbonyl (C=O) groups is 1. The Bertz CT molecular complexity index is 773. The Balaban J connectivity index is 1.58. The molecule has 1 fully saturated rings. The zero-order valence-electron chi connectivity index (χ0n) is 15.2. The van der Waals surface area contributed by atoms with Gasteiger partial charge in [-0.05, 0) is 31.5 Å². The molecule has 1 aromatic heterocycles. The first-order valence-corrected chi connectivity index (χ1v) is 8.95. The van der Waals surface area contributed by atoms with Gasteiger partial charge in [-0.25, -0.2) is 0 Å². The monoisotopic (exact) mass is 375 g/mol. The van der Waals surface area contributed by atoms with Gasteiger partial charge < -0.3 is 10.1 Å². The minimum absolute atomic E-state index is 0.0584. The number of ether oxygens (including phenoxy) is 1. The molecule has 5 nitrogen and oxygen atoms in total. The van der Waals surface area contributed by atoms with Gasteiger partial charge in [0, 0.05) is 43.5 Å². The first-order chi connectivity index (χ1) is 13.0. The van der Waals surface area contributed by atoms with E-state index < -0.39 is 12.2 Å². The molecule has 1 N–H and O–H groups in total. The van der Waals surface area contributed by atoms with Crippen LogP contribution in [0.5, 0.6) is 5.75 Å². The molecule has 0 saturated carbocycles. The van der Waals surface area contributed by atoms with Gasteiger partial charge in [0.15, 0.2) is 0 Å². The predicted molar refractivity (Wildman–Crippen MR) is 97.5 cm³/mol. The Labute approximate surface area is 157 Å². The molecule has 1 aliphatic rings. The van der Waals surface area contributed by atoms with Crippen LogP contribution in [0.1, 0.15) is 24.6 Å². The lowest BCUT2D eigenvalue weighted by Gasteiger charge is -2.49. The van der Waals surface area contributed by atoms with Gasteiger partial charge in [-0.15, -0.1) is 0 Å². The minimum Gasteiger partial charge on any atom is -0.434 e. The quantitative estimate of drug-likeness (QED) is 0.771. The second-order valence-corrected chi connectivity index (χ2v) is 6.76. The normalized spacial score (nSPS) is 19.6. The summed E-state index contributed by atoms with van der Waals surface area (Å²) < 4.78 is 29.8. The van der Waals surface area contributed by atoms with Crippen LogP contribution < -0.4 is 10.1 Å². The maximum atomic E-state index is 12.7. The summed E-state index contributed by atoms with van der Waals surface area (Å²) in [6.07, 6.45) is 3.11. The Kier molecular flexibility index (Phi) is 6.01. The molecule has 1 aliphatic heterocycles. The van der Waals surface area contributed by atoms with Crippen LogP contribution in [0.25, 0.3) is 0 Å². The molecule has 0 aliphatic carbocycles. The molecule has 7 heteroatoms. The molecular formula is C20H23F2N3O2. The van der Waals surface area contributed by atoms with E-state index in [0.717, 1.165) is 18.7 Å². The highest BCUT2D eigenvalue weighted by Gasteiger charge is 2.46. The molecule has 3 rings (SSSR count). The van der Waals surface area contributed by atoms with Crippen LogP contribution in [0.2, 0.25) is 0 Å². The van der Waals surface area contributed by atoms with Crippen LogP contribution in [0.3, 0.4) is 0 Å². The minimum atomic E-state index is -2.87. The highest BCUT2D eigenvalue weighted by atomic mass is 19.3. The van der Waals surface area contributed by atoms with Gasteiger partial charge in [0.1, 0.15) is 5.75 Å². The average Bonchev–Trinajstić information content (AvgIpc) is 2.66. The number of para-hydroxylation sites is 1. The fourth-order valence-corrected chi connectivity index (χ4v) is 3.21. The fourth-order valence-electron chi connectivity index (χ4n) is 3.21. The van der Waals surface area contributed by atoms with Crippen molar-refractivity contribution < 1.29 is 18.3 Å². The largest absolute Gasteiger partial charge is 0.434 e. The van der Waals surface area contributed by atoms with Crippen molar-refractivity contribution in [1.82, 2.24) is 15.2 Å². The molecule has 1 amide bonds. The van der Waals surface area contributed by atoms with Gasteiger partial charge in [-0.3, -0.25) is 14.7 Å². The summed E-state index contributed by atoms with van der Waals surface area (Å²) in [5.41, 5.74) is 0.915. The molecule has 1 saturated heterocycles. The summed E-state index contributed by atoms with van der Waals surface area (Å²) >= 11 is 0. The van der Waals surface area contributed by atoms with Crippen LogP contribution in [0, 0.1) is 0 Å². The maximum absolute atomic E-state index is 12.7. The van der Waals surface area contributed by atoms with Crippen molar-refractivity contribution in [3.63, 3.8) is 0 Å². The smallest absolute Gasteiger partial charge is 0.387 e. The second kappa shape index (κ2) is 8.43. The third-order valence-corrected chi connectivity index (χ3v) is 5.00. The van der Waals surface area contributed by atoms with Gasteiger partial charge in [0.2, 0.25) is 5.91 Å². The highest BCUT2D eigenvalue weighted by molar-refractivity contribution is 5.86. The molecule has 144 valence electrons. The number of aromatic nitrogens is 1. The molecule has 0 radical (unpaired) electrons. The fraction of sp³-hybridized carbons (Fsp3) is 0.400. The van der Waals surface area contributed by atoms with Gasteiger partial charge in [-0.1, -0.05) is 24.3 Å². The molecule has 2 aromatic rings. The summed E-state index contributed by atoms with van der Waals surface area (Å²) in [5, 5.41) is 2.96. The first-order valence-electron chi connectivity index (χ1n) is 8.95. The second-order valence-electron chi connectivity index (χ2n) is 6.76. The SMILES string of the molecule is CC1(C(=O)NCCc2ccccn2)CCN1Cc1ccccc1OC(F)F. The summed E-state index contributed by atoms with van der Waals surface area (Å²) in [4.78, 5) is 18.9. The number of hydrogen-bond acceptors (Lipinski definition) is 4. The molecule has 1 aromatic carbocycles. The Hall–Kier alpha value is -2.54. The first kappa shape index (κ1) is 19.2. The van der Waals surface area contributed by atoms with E-state index >= 15 is 0 Å². The van der Waals surface area contributed by atoms with Gasteiger partial charge in [-0.2, -0.15) is 8.78 Å². The number of alkyl halides is 2. The van der Waals surface area contributed by atoms with Crippen molar-refractivity contribution in [3.8, 4) is 5.75 Å². The zero-order valence-corrected chi connectivity index (χ0v) is 15.2. The van der Waals surface area contributed by atoms with Gasteiger partial charge in [0.05, 0.1) is 5.54 Å². The lowest BCUT2D eigenvalue weighted by Crippen LogP contribution is -2.65. The third-order valence-electron chi connectivity index (χ3n) is 5.00. The lowest BCUT2D eigenvalue weighted by molar-refractivity contribution is -0.142. The Morgan fingerprint density at radius 1 is 1.30 bits per heavy atom. The van der Waals surface area contributed by atoms with E-state index in [1.807, 2.05) is 30.0 Å². The van der Waals surface area contributed by atoms with E-state index in [9.17, 15) is 13.6 Å². The number of halogens is 2. The van der Waals surface area contributed by atoms with Gasteiger partial charge in [0.25, 0.3) is 0 Å². The van der Waals surface area contributed by atoms with Crippen molar-refractivity contribution in [2.24, 2.45) is 0 Å². The van der Waals surface area contributed by atoms with Crippen LogP contribution in [-0.2, 0) is 17.8 Å². The maximum Gasteiger partial charge on any atom is 0.387 e.